The van der Waals surface area contributed by atoms with Crippen LogP contribution < -0.4 is 10.6 Å². The number of nitrogens with zero attached hydrogens (tertiary/aromatic N) is 1. The molecular weight excluding hydrogens is 252 g/mol. The van der Waals surface area contributed by atoms with Gasteiger partial charge in [0.25, 0.3) is 0 Å². The first kappa shape index (κ1) is 14.1. The minimum absolute atomic E-state index is 0.0190. The van der Waals surface area contributed by atoms with Crippen molar-refractivity contribution in [3.63, 3.8) is 0 Å². The van der Waals surface area contributed by atoms with Crippen LogP contribution in [0.15, 0.2) is 24.4 Å². The molecular formula is C15H20N4O. The van der Waals surface area contributed by atoms with Crippen molar-refractivity contribution in [1.29, 1.82) is 0 Å². The first-order valence-corrected chi connectivity index (χ1v) is 6.73. The molecule has 0 aliphatic rings. The SMILES string of the molecule is CCC(=O)Nc1ccc(C)c(NCc2cn[nH]c2C)c1. The number of anilines is 2. The van der Waals surface area contributed by atoms with Gasteiger partial charge in [0.1, 0.15) is 0 Å². The van der Waals surface area contributed by atoms with Crippen molar-refractivity contribution in [3.8, 4) is 0 Å². The van der Waals surface area contributed by atoms with E-state index in [1.54, 1.807) is 0 Å². The van der Waals surface area contributed by atoms with Crippen LogP contribution >= 0.6 is 0 Å². The number of aryl methyl sites for hydroxylation is 2. The van der Waals surface area contributed by atoms with E-state index >= 15 is 0 Å². The molecule has 3 N–H and O–H groups in total. The number of hydrogen-bond donors (Lipinski definition) is 3. The van der Waals surface area contributed by atoms with Crippen LogP contribution in [-0.4, -0.2) is 16.1 Å². The molecule has 0 saturated heterocycles. The number of H-pyrrole nitrogens is 1. The Bertz CT molecular complexity index is 604. The molecule has 20 heavy (non-hydrogen) atoms. The fourth-order valence-electron chi connectivity index (χ4n) is 1.88. The first-order valence-electron chi connectivity index (χ1n) is 6.73. The van der Waals surface area contributed by atoms with Gasteiger partial charge in [-0.1, -0.05) is 13.0 Å². The highest BCUT2D eigenvalue weighted by Gasteiger charge is 2.05. The topological polar surface area (TPSA) is 69.8 Å². The minimum Gasteiger partial charge on any atom is -0.381 e. The van der Waals surface area contributed by atoms with Gasteiger partial charge in [-0.2, -0.15) is 5.10 Å². The molecule has 0 spiro atoms. The Morgan fingerprint density at radius 1 is 1.35 bits per heavy atom. The number of nitrogens with one attached hydrogen (secondary N) is 3. The van der Waals surface area contributed by atoms with Crippen LogP contribution in [0.3, 0.4) is 0 Å². The normalized spacial score (nSPS) is 10.3. The van der Waals surface area contributed by atoms with Crippen LogP contribution in [0.2, 0.25) is 0 Å². The third-order valence-corrected chi connectivity index (χ3v) is 3.25. The lowest BCUT2D eigenvalue weighted by molar-refractivity contribution is -0.115. The van der Waals surface area contributed by atoms with Gasteiger partial charge in [-0.25, -0.2) is 0 Å². The smallest absolute Gasteiger partial charge is 0.224 e. The maximum atomic E-state index is 11.4. The molecule has 5 heteroatoms. The molecule has 1 heterocycles. The van der Waals surface area contributed by atoms with Crippen molar-refractivity contribution in [2.75, 3.05) is 10.6 Å². The summed E-state index contributed by atoms with van der Waals surface area (Å²) in [5, 5.41) is 13.2. The van der Waals surface area contributed by atoms with Gasteiger partial charge in [0.2, 0.25) is 5.91 Å². The van der Waals surface area contributed by atoms with Gasteiger partial charge >= 0.3 is 0 Å². The van der Waals surface area contributed by atoms with Crippen LogP contribution in [-0.2, 0) is 11.3 Å². The molecule has 5 nitrogen and oxygen atoms in total. The van der Waals surface area contributed by atoms with E-state index in [9.17, 15) is 4.79 Å². The van der Waals surface area contributed by atoms with E-state index in [1.165, 1.54) is 0 Å². The summed E-state index contributed by atoms with van der Waals surface area (Å²) in [6, 6.07) is 5.87. The Balaban J connectivity index is 2.08. The predicted molar refractivity (Wildman–Crippen MR) is 80.8 cm³/mol. The van der Waals surface area contributed by atoms with Crippen molar-refractivity contribution < 1.29 is 4.79 Å². The maximum Gasteiger partial charge on any atom is 0.224 e. The number of rotatable bonds is 5. The Morgan fingerprint density at radius 2 is 2.15 bits per heavy atom. The van der Waals surface area contributed by atoms with Crippen LogP contribution in [0, 0.1) is 13.8 Å². The number of carbonyl (C=O) groups excluding carboxylic acids is 1. The molecule has 0 saturated carbocycles. The van der Waals surface area contributed by atoms with Gasteiger partial charge in [-0.05, 0) is 31.5 Å². The van der Waals surface area contributed by atoms with Crippen molar-refractivity contribution in [3.05, 3.63) is 41.2 Å². The van der Waals surface area contributed by atoms with Gasteiger partial charge in [0, 0.05) is 35.6 Å². The third-order valence-electron chi connectivity index (χ3n) is 3.25. The molecule has 2 aromatic rings. The van der Waals surface area contributed by atoms with E-state index in [0.29, 0.717) is 13.0 Å². The van der Waals surface area contributed by atoms with Gasteiger partial charge in [0.05, 0.1) is 6.20 Å². The first-order chi connectivity index (χ1) is 9.60. The lowest BCUT2D eigenvalue weighted by Gasteiger charge is -2.12. The molecule has 1 aromatic heterocycles. The largest absolute Gasteiger partial charge is 0.381 e. The maximum absolute atomic E-state index is 11.4. The van der Waals surface area contributed by atoms with Crippen LogP contribution in [0.4, 0.5) is 11.4 Å². The number of amides is 1. The van der Waals surface area contributed by atoms with Crippen molar-refractivity contribution in [2.24, 2.45) is 0 Å². The fraction of sp³-hybridized carbons (Fsp3) is 0.333. The Morgan fingerprint density at radius 3 is 2.80 bits per heavy atom. The summed E-state index contributed by atoms with van der Waals surface area (Å²) in [5.41, 5.74) is 5.16. The monoisotopic (exact) mass is 272 g/mol. The summed E-state index contributed by atoms with van der Waals surface area (Å²) in [6.07, 6.45) is 2.30. The van der Waals surface area contributed by atoms with E-state index in [4.69, 9.17) is 0 Å². The molecule has 106 valence electrons. The van der Waals surface area contributed by atoms with Gasteiger partial charge in [-0.15, -0.1) is 0 Å². The average Bonchev–Trinajstić information content (AvgIpc) is 2.84. The molecule has 0 radical (unpaired) electrons. The zero-order valence-corrected chi connectivity index (χ0v) is 12.1. The predicted octanol–water partition coefficient (Wildman–Crippen LogP) is 2.99. The zero-order chi connectivity index (χ0) is 14.5. The molecule has 0 atom stereocenters. The summed E-state index contributed by atoms with van der Waals surface area (Å²) in [7, 11) is 0. The number of benzene rings is 1. The number of hydrogen-bond acceptors (Lipinski definition) is 3. The standard InChI is InChI=1S/C15H20N4O/c1-4-15(20)18-13-6-5-10(2)14(7-13)16-8-12-9-17-19-11(12)3/h5-7,9,16H,4,8H2,1-3H3,(H,17,19)(H,18,20). The average molecular weight is 272 g/mol. The summed E-state index contributed by atoms with van der Waals surface area (Å²) in [4.78, 5) is 11.4. The minimum atomic E-state index is 0.0190. The van der Waals surface area contributed by atoms with E-state index in [0.717, 1.165) is 28.2 Å². The molecule has 0 aliphatic heterocycles. The van der Waals surface area contributed by atoms with E-state index < -0.39 is 0 Å². The molecule has 1 amide bonds. The number of carbonyl (C=O) groups is 1. The number of aromatic amines is 1. The quantitative estimate of drug-likeness (QED) is 0.783. The van der Waals surface area contributed by atoms with Crippen LogP contribution in [0.25, 0.3) is 0 Å². The fourth-order valence-corrected chi connectivity index (χ4v) is 1.88. The summed E-state index contributed by atoms with van der Waals surface area (Å²) in [5.74, 6) is 0.0190. The van der Waals surface area contributed by atoms with Crippen LogP contribution in [0.1, 0.15) is 30.2 Å². The van der Waals surface area contributed by atoms with Crippen molar-refractivity contribution in [2.45, 2.75) is 33.7 Å². The van der Waals surface area contributed by atoms with Crippen molar-refractivity contribution in [1.82, 2.24) is 10.2 Å². The molecule has 0 aliphatic carbocycles. The van der Waals surface area contributed by atoms with E-state index in [1.807, 2.05) is 45.2 Å². The number of aromatic nitrogens is 2. The highest BCUT2D eigenvalue weighted by Crippen LogP contribution is 2.21. The van der Waals surface area contributed by atoms with Gasteiger partial charge < -0.3 is 10.6 Å². The molecule has 0 unspecified atom stereocenters. The van der Waals surface area contributed by atoms with Crippen LogP contribution in [0.5, 0.6) is 0 Å². The molecule has 0 bridgehead atoms. The lowest BCUT2D eigenvalue weighted by Crippen LogP contribution is -2.10. The zero-order valence-electron chi connectivity index (χ0n) is 12.1. The Labute approximate surface area is 118 Å². The lowest BCUT2D eigenvalue weighted by atomic mass is 10.1. The second-order valence-electron chi connectivity index (χ2n) is 4.81. The second-order valence-corrected chi connectivity index (χ2v) is 4.81. The summed E-state index contributed by atoms with van der Waals surface area (Å²) in [6.45, 7) is 6.57. The van der Waals surface area contributed by atoms with E-state index in [-0.39, 0.29) is 5.91 Å². The van der Waals surface area contributed by atoms with Crippen molar-refractivity contribution >= 4 is 17.3 Å². The summed E-state index contributed by atoms with van der Waals surface area (Å²) >= 11 is 0. The highest BCUT2D eigenvalue weighted by molar-refractivity contribution is 5.91. The molecule has 0 fully saturated rings. The van der Waals surface area contributed by atoms with Gasteiger partial charge in [-0.3, -0.25) is 9.89 Å². The molecule has 2 rings (SSSR count). The Kier molecular flexibility index (Phi) is 4.40. The van der Waals surface area contributed by atoms with Gasteiger partial charge in [0.15, 0.2) is 0 Å². The summed E-state index contributed by atoms with van der Waals surface area (Å²) < 4.78 is 0. The molecule has 1 aromatic carbocycles. The van der Waals surface area contributed by atoms with E-state index in [2.05, 4.69) is 20.8 Å². The third kappa shape index (κ3) is 3.38. The highest BCUT2D eigenvalue weighted by atomic mass is 16.1. The Hall–Kier alpha value is -2.30. The second kappa shape index (κ2) is 6.23.